The summed E-state index contributed by atoms with van der Waals surface area (Å²) in [6.07, 6.45) is 2.78. The van der Waals surface area contributed by atoms with Gasteiger partial charge in [0.1, 0.15) is 5.69 Å². The van der Waals surface area contributed by atoms with E-state index in [-0.39, 0.29) is 17.6 Å². The number of nitrogens with one attached hydrogen (secondary N) is 1. The SMILES string of the molecule is Cc1cc(-c2nnc(NC(=O)C=Cc3ccc([N+](=O)[O-])cc3)o2)n(C)n1. The summed E-state index contributed by atoms with van der Waals surface area (Å²) in [7, 11) is 1.75. The van der Waals surface area contributed by atoms with Gasteiger partial charge in [-0.05, 0) is 36.8 Å². The van der Waals surface area contributed by atoms with Crippen molar-refractivity contribution < 1.29 is 14.1 Å². The molecule has 2 heterocycles. The minimum atomic E-state index is -0.489. The first kappa shape index (κ1) is 17.0. The third-order valence-corrected chi connectivity index (χ3v) is 3.41. The predicted molar refractivity (Wildman–Crippen MR) is 92.0 cm³/mol. The van der Waals surface area contributed by atoms with Crippen molar-refractivity contribution in [2.75, 3.05) is 5.32 Å². The van der Waals surface area contributed by atoms with Gasteiger partial charge in [0.25, 0.3) is 17.5 Å². The Kier molecular flexibility index (Phi) is 4.56. The molecule has 0 aliphatic heterocycles. The zero-order valence-corrected chi connectivity index (χ0v) is 13.9. The average molecular weight is 354 g/mol. The van der Waals surface area contributed by atoms with Crippen molar-refractivity contribution in [2.24, 2.45) is 7.05 Å². The van der Waals surface area contributed by atoms with Crippen molar-refractivity contribution in [1.82, 2.24) is 20.0 Å². The van der Waals surface area contributed by atoms with Crippen molar-refractivity contribution in [1.29, 1.82) is 0 Å². The zero-order valence-electron chi connectivity index (χ0n) is 13.9. The lowest BCUT2D eigenvalue weighted by atomic mass is 10.2. The number of aromatic nitrogens is 4. The number of carbonyl (C=O) groups excluding carboxylic acids is 1. The number of rotatable bonds is 5. The van der Waals surface area contributed by atoms with Gasteiger partial charge >= 0.3 is 6.01 Å². The van der Waals surface area contributed by atoms with Crippen LogP contribution in [0.3, 0.4) is 0 Å². The third-order valence-electron chi connectivity index (χ3n) is 3.41. The molecule has 10 nitrogen and oxygen atoms in total. The van der Waals surface area contributed by atoms with Gasteiger partial charge in [-0.2, -0.15) is 5.10 Å². The Morgan fingerprint density at radius 1 is 1.31 bits per heavy atom. The van der Waals surface area contributed by atoms with Gasteiger partial charge < -0.3 is 4.42 Å². The highest BCUT2D eigenvalue weighted by molar-refractivity contribution is 6.00. The van der Waals surface area contributed by atoms with E-state index in [1.54, 1.807) is 17.8 Å². The second-order valence-electron chi connectivity index (χ2n) is 5.38. The first-order chi connectivity index (χ1) is 12.4. The van der Waals surface area contributed by atoms with Gasteiger partial charge in [0, 0.05) is 25.3 Å². The highest BCUT2D eigenvalue weighted by Crippen LogP contribution is 2.20. The summed E-state index contributed by atoms with van der Waals surface area (Å²) in [5.41, 5.74) is 2.06. The Balaban J connectivity index is 1.65. The van der Waals surface area contributed by atoms with E-state index in [4.69, 9.17) is 4.42 Å². The second-order valence-corrected chi connectivity index (χ2v) is 5.38. The van der Waals surface area contributed by atoms with Gasteiger partial charge in [-0.1, -0.05) is 5.10 Å². The molecule has 0 saturated carbocycles. The number of anilines is 1. The molecule has 0 spiro atoms. The number of benzene rings is 1. The quantitative estimate of drug-likeness (QED) is 0.423. The molecular weight excluding hydrogens is 340 g/mol. The van der Waals surface area contributed by atoms with E-state index in [1.807, 2.05) is 6.92 Å². The molecule has 0 fully saturated rings. The molecule has 1 N–H and O–H groups in total. The van der Waals surface area contributed by atoms with Crippen LogP contribution in [-0.2, 0) is 11.8 Å². The Hall–Kier alpha value is -3.82. The number of nitrogens with zero attached hydrogens (tertiary/aromatic N) is 5. The molecule has 0 bridgehead atoms. The van der Waals surface area contributed by atoms with Crippen molar-refractivity contribution in [3.05, 3.63) is 57.8 Å². The molecule has 0 atom stereocenters. The summed E-state index contributed by atoms with van der Waals surface area (Å²) in [6, 6.07) is 7.54. The Morgan fingerprint density at radius 2 is 2.04 bits per heavy atom. The Morgan fingerprint density at radius 3 is 2.65 bits per heavy atom. The number of nitro groups is 1. The van der Waals surface area contributed by atoms with E-state index in [0.29, 0.717) is 11.3 Å². The molecule has 0 aliphatic rings. The van der Waals surface area contributed by atoms with Crippen LogP contribution in [0.4, 0.5) is 11.7 Å². The molecule has 1 amide bonds. The van der Waals surface area contributed by atoms with Gasteiger partial charge in [-0.25, -0.2) is 0 Å². The lowest BCUT2D eigenvalue weighted by Gasteiger charge is -1.96. The number of non-ortho nitro benzene ring substituents is 1. The molecule has 3 rings (SSSR count). The molecule has 3 aromatic rings. The van der Waals surface area contributed by atoms with Crippen LogP contribution >= 0.6 is 0 Å². The summed E-state index contributed by atoms with van der Waals surface area (Å²) in [5.74, 6) is -0.234. The number of amides is 1. The first-order valence-electron chi connectivity index (χ1n) is 7.50. The molecule has 1 aromatic carbocycles. The third kappa shape index (κ3) is 3.80. The zero-order chi connectivity index (χ0) is 18.7. The highest BCUT2D eigenvalue weighted by atomic mass is 16.6. The van der Waals surface area contributed by atoms with Crippen LogP contribution < -0.4 is 5.32 Å². The molecule has 0 unspecified atom stereocenters. The van der Waals surface area contributed by atoms with Crippen molar-refractivity contribution in [3.63, 3.8) is 0 Å². The molecule has 0 saturated heterocycles. The second kappa shape index (κ2) is 6.97. The largest absolute Gasteiger partial charge is 0.401 e. The van der Waals surface area contributed by atoms with E-state index >= 15 is 0 Å². The first-order valence-corrected chi connectivity index (χ1v) is 7.50. The Labute approximate surface area is 147 Å². The van der Waals surface area contributed by atoms with E-state index in [1.165, 1.54) is 36.4 Å². The van der Waals surface area contributed by atoms with Gasteiger partial charge in [-0.15, -0.1) is 5.10 Å². The van der Waals surface area contributed by atoms with Crippen LogP contribution in [0.5, 0.6) is 0 Å². The summed E-state index contributed by atoms with van der Waals surface area (Å²) in [4.78, 5) is 22.0. The molecular formula is C16H14N6O4. The number of aryl methyl sites for hydroxylation is 2. The van der Waals surface area contributed by atoms with Crippen LogP contribution in [0.2, 0.25) is 0 Å². The van der Waals surface area contributed by atoms with Gasteiger partial charge in [0.05, 0.1) is 10.6 Å². The molecule has 26 heavy (non-hydrogen) atoms. The fraction of sp³-hybridized carbons (Fsp3) is 0.125. The summed E-state index contributed by atoms with van der Waals surface area (Å²) in [5, 5.41) is 24.9. The molecule has 2 aromatic heterocycles. The summed E-state index contributed by atoms with van der Waals surface area (Å²) < 4.78 is 7.00. The molecule has 10 heteroatoms. The fourth-order valence-electron chi connectivity index (χ4n) is 2.21. The number of carbonyl (C=O) groups is 1. The van der Waals surface area contributed by atoms with Crippen molar-refractivity contribution in [3.8, 4) is 11.6 Å². The minimum absolute atomic E-state index is 0.0182. The molecule has 0 radical (unpaired) electrons. The van der Waals surface area contributed by atoms with Crippen molar-refractivity contribution in [2.45, 2.75) is 6.92 Å². The number of nitro benzene ring substituents is 1. The van der Waals surface area contributed by atoms with Crippen LogP contribution in [0.1, 0.15) is 11.3 Å². The number of hydrogen-bond donors (Lipinski definition) is 1. The number of hydrogen-bond acceptors (Lipinski definition) is 7. The van der Waals surface area contributed by atoms with Crippen LogP contribution in [0.25, 0.3) is 17.7 Å². The lowest BCUT2D eigenvalue weighted by Crippen LogP contribution is -2.07. The standard InChI is InChI=1S/C16H14N6O4/c1-10-9-13(21(2)20-10)15-18-19-16(26-15)17-14(23)8-5-11-3-6-12(7-4-11)22(24)25/h3-9H,1-2H3,(H,17,19,23). The van der Waals surface area contributed by atoms with E-state index in [2.05, 4.69) is 20.6 Å². The monoisotopic (exact) mass is 354 g/mol. The van der Waals surface area contributed by atoms with Gasteiger partial charge in [0.15, 0.2) is 0 Å². The smallest absolute Gasteiger partial charge is 0.322 e. The van der Waals surface area contributed by atoms with Gasteiger partial charge in [0.2, 0.25) is 0 Å². The predicted octanol–water partition coefficient (Wildman–Crippen LogP) is 2.34. The molecule has 132 valence electrons. The maximum Gasteiger partial charge on any atom is 0.322 e. The topological polar surface area (TPSA) is 129 Å². The van der Waals surface area contributed by atoms with E-state index in [9.17, 15) is 14.9 Å². The van der Waals surface area contributed by atoms with E-state index < -0.39 is 10.8 Å². The maximum atomic E-state index is 11.9. The Bertz CT molecular complexity index is 987. The highest BCUT2D eigenvalue weighted by Gasteiger charge is 2.14. The van der Waals surface area contributed by atoms with E-state index in [0.717, 1.165) is 5.69 Å². The fourth-order valence-corrected chi connectivity index (χ4v) is 2.21. The van der Waals surface area contributed by atoms with Crippen molar-refractivity contribution >= 4 is 23.7 Å². The van der Waals surface area contributed by atoms with Crippen LogP contribution in [0.15, 0.2) is 40.8 Å². The van der Waals surface area contributed by atoms with Gasteiger partial charge in [-0.3, -0.25) is 24.9 Å². The average Bonchev–Trinajstić information content (AvgIpc) is 3.19. The van der Waals surface area contributed by atoms with Crippen LogP contribution in [-0.4, -0.2) is 30.8 Å². The normalized spacial score (nSPS) is 11.0. The summed E-state index contributed by atoms with van der Waals surface area (Å²) >= 11 is 0. The lowest BCUT2D eigenvalue weighted by molar-refractivity contribution is -0.384. The summed E-state index contributed by atoms with van der Waals surface area (Å²) in [6.45, 7) is 1.84. The van der Waals surface area contributed by atoms with Crippen LogP contribution in [0, 0.1) is 17.0 Å². The maximum absolute atomic E-state index is 11.9. The minimum Gasteiger partial charge on any atom is -0.401 e. The molecule has 0 aliphatic carbocycles.